The van der Waals surface area contributed by atoms with E-state index >= 15 is 0 Å². The number of nitrogens with one attached hydrogen (secondary N) is 3. The predicted molar refractivity (Wildman–Crippen MR) is 149 cm³/mol. The maximum absolute atomic E-state index is 12.5. The highest BCUT2D eigenvalue weighted by Crippen LogP contribution is 2.18. The fraction of sp³-hybridized carbons (Fsp3) is 0.241. The minimum atomic E-state index is -0.578. The maximum atomic E-state index is 12.5. The number of anilines is 2. The summed E-state index contributed by atoms with van der Waals surface area (Å²) >= 11 is 1.50. The Bertz CT molecular complexity index is 1220. The number of nitrogens with zero attached hydrogens (tertiary/aromatic N) is 1. The Hall–Kier alpha value is -3.72. The topological polar surface area (TPSA) is 95.5 Å². The zero-order chi connectivity index (χ0) is 25.7. The van der Waals surface area contributed by atoms with E-state index in [2.05, 4.69) is 33.1 Å². The minimum absolute atomic E-state index is 0.0963. The smallest absolute Gasteiger partial charge is 0.230 e. The molecule has 7 nitrogen and oxygen atoms in total. The standard InChI is InChI=1S/C29H32N4O3S/c34-26(20-36-27-9-5-2-6-10-27)19-30-16-15-22-11-13-24(14-12-22)32-28(35)17-25-21-37-29(33-25)31-18-23-7-3-1-4-8-23/h1-14,21,26,30,34H,15-20H2,(H,31,33)(H,32,35). The molecule has 0 saturated heterocycles. The summed E-state index contributed by atoms with van der Waals surface area (Å²) in [5.41, 5.74) is 3.83. The molecule has 0 aliphatic heterocycles. The van der Waals surface area contributed by atoms with E-state index in [4.69, 9.17) is 4.74 Å². The van der Waals surface area contributed by atoms with Gasteiger partial charge in [0.25, 0.3) is 0 Å². The van der Waals surface area contributed by atoms with Crippen LogP contribution in [-0.4, -0.2) is 41.8 Å². The van der Waals surface area contributed by atoms with Crippen molar-refractivity contribution in [3.63, 3.8) is 0 Å². The molecule has 8 heteroatoms. The molecule has 1 heterocycles. The third-order valence-electron chi connectivity index (χ3n) is 5.57. The van der Waals surface area contributed by atoms with Crippen LogP contribution in [0.15, 0.2) is 90.3 Å². The fourth-order valence-electron chi connectivity index (χ4n) is 3.64. The van der Waals surface area contributed by atoms with Gasteiger partial charge in [-0.2, -0.15) is 0 Å². The van der Waals surface area contributed by atoms with Crippen molar-refractivity contribution in [3.8, 4) is 5.75 Å². The Kier molecular flexibility index (Phi) is 10.1. The van der Waals surface area contributed by atoms with Crippen molar-refractivity contribution in [3.05, 3.63) is 107 Å². The number of para-hydroxylation sites is 1. The van der Waals surface area contributed by atoms with E-state index in [-0.39, 0.29) is 18.9 Å². The van der Waals surface area contributed by atoms with Crippen molar-refractivity contribution in [2.75, 3.05) is 30.3 Å². The van der Waals surface area contributed by atoms with Gasteiger partial charge in [-0.3, -0.25) is 4.79 Å². The highest BCUT2D eigenvalue weighted by atomic mass is 32.1. The van der Waals surface area contributed by atoms with Gasteiger partial charge in [0.1, 0.15) is 18.5 Å². The second-order valence-corrected chi connectivity index (χ2v) is 9.50. The molecule has 1 amide bonds. The van der Waals surface area contributed by atoms with Crippen LogP contribution >= 0.6 is 11.3 Å². The van der Waals surface area contributed by atoms with Gasteiger partial charge in [0.15, 0.2) is 5.13 Å². The molecule has 1 atom stereocenters. The molecule has 0 radical (unpaired) electrons. The van der Waals surface area contributed by atoms with Gasteiger partial charge in [0, 0.05) is 24.2 Å². The SMILES string of the molecule is O=C(Cc1csc(NCc2ccccc2)n1)Nc1ccc(CCNCC(O)COc2ccccc2)cc1. The molecule has 4 rings (SSSR count). The number of hydrogen-bond acceptors (Lipinski definition) is 7. The van der Waals surface area contributed by atoms with Crippen LogP contribution in [0.1, 0.15) is 16.8 Å². The van der Waals surface area contributed by atoms with Crippen molar-refractivity contribution in [2.45, 2.75) is 25.5 Å². The third-order valence-corrected chi connectivity index (χ3v) is 6.42. The highest BCUT2D eigenvalue weighted by molar-refractivity contribution is 7.13. The van der Waals surface area contributed by atoms with Crippen LogP contribution in [0, 0.1) is 0 Å². The van der Waals surface area contributed by atoms with E-state index in [1.165, 1.54) is 16.9 Å². The molecule has 1 unspecified atom stereocenters. The van der Waals surface area contributed by atoms with Gasteiger partial charge in [0.2, 0.25) is 5.91 Å². The Morgan fingerprint density at radius 1 is 0.946 bits per heavy atom. The molecule has 3 aromatic carbocycles. The molecule has 0 saturated carbocycles. The van der Waals surface area contributed by atoms with Crippen molar-refractivity contribution >= 4 is 28.1 Å². The largest absolute Gasteiger partial charge is 0.491 e. The van der Waals surface area contributed by atoms with Gasteiger partial charge in [-0.05, 0) is 48.4 Å². The molecule has 37 heavy (non-hydrogen) atoms. The number of thiazole rings is 1. The first kappa shape index (κ1) is 26.3. The number of aliphatic hydroxyl groups excluding tert-OH is 1. The molecular formula is C29H32N4O3S. The average molecular weight is 517 g/mol. The van der Waals surface area contributed by atoms with E-state index in [9.17, 15) is 9.90 Å². The first-order valence-corrected chi connectivity index (χ1v) is 13.2. The van der Waals surface area contributed by atoms with Crippen molar-refractivity contribution in [1.29, 1.82) is 0 Å². The highest BCUT2D eigenvalue weighted by Gasteiger charge is 2.09. The number of benzene rings is 3. The number of rotatable bonds is 14. The molecule has 0 aliphatic rings. The van der Waals surface area contributed by atoms with Crippen molar-refractivity contribution < 1.29 is 14.6 Å². The number of carbonyl (C=O) groups is 1. The maximum Gasteiger partial charge on any atom is 0.230 e. The zero-order valence-electron chi connectivity index (χ0n) is 20.6. The molecule has 0 bridgehead atoms. The number of ether oxygens (including phenoxy) is 1. The van der Waals surface area contributed by atoms with Gasteiger partial charge in [-0.25, -0.2) is 4.98 Å². The second kappa shape index (κ2) is 14.1. The minimum Gasteiger partial charge on any atom is -0.491 e. The van der Waals surface area contributed by atoms with Crippen LogP contribution in [-0.2, 0) is 24.2 Å². The van der Waals surface area contributed by atoms with Gasteiger partial charge >= 0.3 is 0 Å². The molecule has 1 aromatic heterocycles. The number of aliphatic hydroxyl groups is 1. The number of amides is 1. The first-order valence-electron chi connectivity index (χ1n) is 12.3. The summed E-state index contributed by atoms with van der Waals surface area (Å²) in [4.78, 5) is 17.0. The summed E-state index contributed by atoms with van der Waals surface area (Å²) in [7, 11) is 0. The third kappa shape index (κ3) is 9.34. The lowest BCUT2D eigenvalue weighted by molar-refractivity contribution is -0.115. The molecule has 192 valence electrons. The van der Waals surface area contributed by atoms with Crippen molar-refractivity contribution in [2.24, 2.45) is 0 Å². The molecular weight excluding hydrogens is 484 g/mol. The Labute approximate surface area is 221 Å². The quantitative estimate of drug-likeness (QED) is 0.184. The van der Waals surface area contributed by atoms with E-state index < -0.39 is 6.10 Å². The lowest BCUT2D eigenvalue weighted by atomic mass is 10.1. The summed E-state index contributed by atoms with van der Waals surface area (Å²) in [5, 5.41) is 22.3. The van der Waals surface area contributed by atoms with Crippen molar-refractivity contribution in [1.82, 2.24) is 10.3 Å². The molecule has 4 aromatic rings. The summed E-state index contributed by atoms with van der Waals surface area (Å²) in [6.07, 6.45) is 0.468. The summed E-state index contributed by atoms with van der Waals surface area (Å²) in [6, 6.07) is 27.4. The first-order chi connectivity index (χ1) is 18.1. The van der Waals surface area contributed by atoms with E-state index in [0.29, 0.717) is 13.1 Å². The van der Waals surface area contributed by atoms with E-state index in [0.717, 1.165) is 40.8 Å². The lowest BCUT2D eigenvalue weighted by Crippen LogP contribution is -2.32. The summed E-state index contributed by atoms with van der Waals surface area (Å²) in [6.45, 7) is 2.14. The lowest BCUT2D eigenvalue weighted by Gasteiger charge is -2.13. The van der Waals surface area contributed by atoms with Crippen LogP contribution in [0.25, 0.3) is 0 Å². The molecule has 0 fully saturated rings. The van der Waals surface area contributed by atoms with Gasteiger partial charge in [0.05, 0.1) is 12.1 Å². The van der Waals surface area contributed by atoms with E-state index in [1.54, 1.807) is 0 Å². The van der Waals surface area contributed by atoms with Crippen LogP contribution < -0.4 is 20.7 Å². The van der Waals surface area contributed by atoms with Gasteiger partial charge in [-0.1, -0.05) is 60.7 Å². The van der Waals surface area contributed by atoms with Crippen LogP contribution in [0.5, 0.6) is 5.75 Å². The van der Waals surface area contributed by atoms with E-state index in [1.807, 2.05) is 78.2 Å². The van der Waals surface area contributed by atoms with Crippen LogP contribution in [0.4, 0.5) is 10.8 Å². The summed E-state index contributed by atoms with van der Waals surface area (Å²) < 4.78 is 5.56. The zero-order valence-corrected chi connectivity index (χ0v) is 21.4. The Morgan fingerprint density at radius 3 is 2.43 bits per heavy atom. The predicted octanol–water partition coefficient (Wildman–Crippen LogP) is 4.51. The molecule has 0 spiro atoms. The summed E-state index contributed by atoms with van der Waals surface area (Å²) in [5.74, 6) is 0.655. The average Bonchev–Trinajstić information content (AvgIpc) is 3.38. The Morgan fingerprint density at radius 2 is 1.68 bits per heavy atom. The number of carbonyl (C=O) groups excluding carboxylic acids is 1. The van der Waals surface area contributed by atoms with Crippen LogP contribution in [0.3, 0.4) is 0 Å². The van der Waals surface area contributed by atoms with Gasteiger partial charge in [-0.15, -0.1) is 11.3 Å². The number of aromatic nitrogens is 1. The Balaban J connectivity index is 1.11. The normalized spacial score (nSPS) is 11.6. The van der Waals surface area contributed by atoms with Crippen LogP contribution in [0.2, 0.25) is 0 Å². The number of hydrogen-bond donors (Lipinski definition) is 4. The second-order valence-electron chi connectivity index (χ2n) is 8.64. The molecule has 4 N–H and O–H groups in total. The fourth-order valence-corrected chi connectivity index (χ4v) is 4.35. The molecule has 0 aliphatic carbocycles. The monoisotopic (exact) mass is 516 g/mol. The van der Waals surface area contributed by atoms with Gasteiger partial charge < -0.3 is 25.8 Å².